The van der Waals surface area contributed by atoms with Crippen molar-refractivity contribution in [1.29, 1.82) is 0 Å². The number of halogens is 3. The number of anilines is 1. The lowest BCUT2D eigenvalue weighted by Gasteiger charge is -2.18. The fraction of sp³-hybridized carbons (Fsp3) is 0. The Bertz CT molecular complexity index is 1090. The predicted octanol–water partition coefficient (Wildman–Crippen LogP) is 6.59. The third kappa shape index (κ3) is 3.90. The van der Waals surface area contributed by atoms with Crippen molar-refractivity contribution in [2.75, 3.05) is 4.90 Å². The van der Waals surface area contributed by atoms with Crippen LogP contribution in [0, 0.1) is 0 Å². The van der Waals surface area contributed by atoms with Gasteiger partial charge in [-0.25, -0.2) is 4.99 Å². The number of amidine groups is 1. The molecule has 0 radical (unpaired) electrons. The van der Waals surface area contributed by atoms with Gasteiger partial charge in [0.25, 0.3) is 5.91 Å². The van der Waals surface area contributed by atoms with E-state index in [2.05, 4.69) is 20.9 Å². The molecule has 1 heterocycles. The molecule has 0 atom stereocenters. The van der Waals surface area contributed by atoms with Gasteiger partial charge in [0.2, 0.25) is 0 Å². The molecule has 6 heteroatoms. The topological polar surface area (TPSA) is 32.7 Å². The van der Waals surface area contributed by atoms with Crippen LogP contribution in [0.1, 0.15) is 11.1 Å². The van der Waals surface area contributed by atoms with E-state index >= 15 is 0 Å². The van der Waals surface area contributed by atoms with Crippen LogP contribution in [0.3, 0.4) is 0 Å². The summed E-state index contributed by atoms with van der Waals surface area (Å²) in [6.07, 6.45) is 1.78. The maximum Gasteiger partial charge on any atom is 0.282 e. The van der Waals surface area contributed by atoms with Gasteiger partial charge in [-0.2, -0.15) is 0 Å². The third-order valence-corrected chi connectivity index (χ3v) is 5.25. The molecule has 1 aliphatic heterocycles. The molecule has 28 heavy (non-hydrogen) atoms. The van der Waals surface area contributed by atoms with Crippen molar-refractivity contribution in [2.24, 2.45) is 4.99 Å². The molecule has 3 aromatic carbocycles. The SMILES string of the molecule is O=C1/C(=C\c2ccc(Br)cc2)N=C(c2ccc(Cl)cc2)N1c1ccc(Cl)cc1. The van der Waals surface area contributed by atoms with Gasteiger partial charge in [-0.05, 0) is 72.3 Å². The van der Waals surface area contributed by atoms with Gasteiger partial charge in [-0.3, -0.25) is 9.69 Å². The second-order valence-corrected chi connectivity index (χ2v) is 7.93. The molecule has 138 valence electrons. The Kier molecular flexibility index (Phi) is 5.36. The highest BCUT2D eigenvalue weighted by Crippen LogP contribution is 2.29. The fourth-order valence-electron chi connectivity index (χ4n) is 2.86. The Morgan fingerprint density at radius 1 is 0.821 bits per heavy atom. The number of carbonyl (C=O) groups is 1. The van der Waals surface area contributed by atoms with E-state index in [4.69, 9.17) is 23.2 Å². The zero-order chi connectivity index (χ0) is 19.7. The van der Waals surface area contributed by atoms with E-state index in [0.29, 0.717) is 27.3 Å². The Labute approximate surface area is 181 Å². The van der Waals surface area contributed by atoms with E-state index in [9.17, 15) is 4.79 Å². The van der Waals surface area contributed by atoms with Crippen molar-refractivity contribution in [2.45, 2.75) is 0 Å². The van der Waals surface area contributed by atoms with Gasteiger partial charge in [0, 0.05) is 20.1 Å². The smallest absolute Gasteiger partial charge is 0.266 e. The maximum atomic E-state index is 13.2. The minimum Gasteiger partial charge on any atom is -0.266 e. The van der Waals surface area contributed by atoms with E-state index in [-0.39, 0.29) is 5.91 Å². The van der Waals surface area contributed by atoms with Crippen LogP contribution in [0.15, 0.2) is 88.0 Å². The first kappa shape index (κ1) is 18.9. The summed E-state index contributed by atoms with van der Waals surface area (Å²) in [7, 11) is 0. The molecule has 3 nitrogen and oxygen atoms in total. The van der Waals surface area contributed by atoms with Gasteiger partial charge >= 0.3 is 0 Å². The standard InChI is InChI=1S/C22H13BrCl2N2O/c23-16-5-1-14(2-6-16)13-20-22(28)27(19-11-9-18(25)10-12-19)21(26-20)15-3-7-17(24)8-4-15/h1-13H/b20-13+. The van der Waals surface area contributed by atoms with Crippen LogP contribution in [-0.2, 0) is 4.79 Å². The highest BCUT2D eigenvalue weighted by molar-refractivity contribution is 9.10. The first-order valence-electron chi connectivity index (χ1n) is 8.43. The van der Waals surface area contributed by atoms with Gasteiger partial charge in [0.15, 0.2) is 0 Å². The molecule has 0 saturated heterocycles. The normalized spacial score (nSPS) is 15.2. The maximum absolute atomic E-state index is 13.2. The minimum atomic E-state index is -0.199. The van der Waals surface area contributed by atoms with Crippen LogP contribution in [0.5, 0.6) is 0 Å². The van der Waals surface area contributed by atoms with Gasteiger partial charge in [-0.15, -0.1) is 0 Å². The summed E-state index contributed by atoms with van der Waals surface area (Å²) >= 11 is 15.4. The Balaban J connectivity index is 1.81. The lowest BCUT2D eigenvalue weighted by atomic mass is 10.1. The van der Waals surface area contributed by atoms with E-state index in [0.717, 1.165) is 15.6 Å². The second-order valence-electron chi connectivity index (χ2n) is 6.14. The molecule has 0 aromatic heterocycles. The molecule has 0 saturated carbocycles. The monoisotopic (exact) mass is 470 g/mol. The zero-order valence-electron chi connectivity index (χ0n) is 14.4. The molecular weight excluding hydrogens is 459 g/mol. The first-order valence-corrected chi connectivity index (χ1v) is 9.98. The van der Waals surface area contributed by atoms with Crippen LogP contribution >= 0.6 is 39.1 Å². The van der Waals surface area contributed by atoms with Crippen molar-refractivity contribution in [3.05, 3.63) is 104 Å². The van der Waals surface area contributed by atoms with Gasteiger partial charge in [0.1, 0.15) is 11.5 Å². The lowest BCUT2D eigenvalue weighted by Crippen LogP contribution is -2.32. The summed E-state index contributed by atoms with van der Waals surface area (Å²) in [5.74, 6) is 0.350. The average Bonchev–Trinajstić information content (AvgIpc) is 3.01. The van der Waals surface area contributed by atoms with Gasteiger partial charge in [-0.1, -0.05) is 51.3 Å². The summed E-state index contributed by atoms with van der Waals surface area (Å²) in [4.78, 5) is 19.4. The molecule has 0 spiro atoms. The van der Waals surface area contributed by atoms with Crippen LogP contribution in [0.4, 0.5) is 5.69 Å². The second kappa shape index (κ2) is 7.92. The molecule has 4 rings (SSSR count). The summed E-state index contributed by atoms with van der Waals surface area (Å²) in [5, 5.41) is 1.23. The van der Waals surface area contributed by atoms with Crippen LogP contribution < -0.4 is 4.90 Å². The van der Waals surface area contributed by atoms with E-state index in [1.807, 2.05) is 36.4 Å². The Morgan fingerprint density at radius 3 is 2.00 bits per heavy atom. The van der Waals surface area contributed by atoms with Crippen molar-refractivity contribution in [1.82, 2.24) is 0 Å². The largest absolute Gasteiger partial charge is 0.282 e. The summed E-state index contributed by atoms with van der Waals surface area (Å²) in [6.45, 7) is 0. The minimum absolute atomic E-state index is 0.199. The number of hydrogen-bond donors (Lipinski definition) is 0. The van der Waals surface area contributed by atoms with E-state index in [1.165, 1.54) is 0 Å². The van der Waals surface area contributed by atoms with Crippen molar-refractivity contribution < 1.29 is 4.79 Å². The molecule has 3 aromatic rings. The lowest BCUT2D eigenvalue weighted by molar-refractivity contribution is -0.113. The first-order chi connectivity index (χ1) is 13.5. The number of hydrogen-bond acceptors (Lipinski definition) is 2. The molecular formula is C22H13BrCl2N2O. The molecule has 1 aliphatic rings. The molecule has 1 amide bonds. The third-order valence-electron chi connectivity index (χ3n) is 4.22. The highest BCUT2D eigenvalue weighted by Gasteiger charge is 2.32. The number of amides is 1. The van der Waals surface area contributed by atoms with E-state index in [1.54, 1.807) is 47.4 Å². The number of rotatable bonds is 3. The molecule has 0 fully saturated rings. The predicted molar refractivity (Wildman–Crippen MR) is 119 cm³/mol. The average molecular weight is 472 g/mol. The van der Waals surface area contributed by atoms with Crippen molar-refractivity contribution in [3.63, 3.8) is 0 Å². The molecule has 0 N–H and O–H groups in total. The molecule has 0 bridgehead atoms. The summed E-state index contributed by atoms with van der Waals surface area (Å²) < 4.78 is 0.973. The van der Waals surface area contributed by atoms with E-state index < -0.39 is 0 Å². The highest BCUT2D eigenvalue weighted by atomic mass is 79.9. The van der Waals surface area contributed by atoms with Crippen molar-refractivity contribution >= 4 is 62.6 Å². The Morgan fingerprint density at radius 2 is 1.39 bits per heavy atom. The number of carbonyl (C=O) groups excluding carboxylic acids is 1. The Hall–Kier alpha value is -2.40. The number of benzene rings is 3. The summed E-state index contributed by atoms with van der Waals surface area (Å²) in [6, 6.07) is 22.0. The van der Waals surface area contributed by atoms with Crippen LogP contribution in [0.25, 0.3) is 6.08 Å². The molecule has 0 unspecified atom stereocenters. The number of nitrogens with zero attached hydrogens (tertiary/aromatic N) is 2. The summed E-state index contributed by atoms with van der Waals surface area (Å²) in [5.41, 5.74) is 2.75. The quantitative estimate of drug-likeness (QED) is 0.396. The zero-order valence-corrected chi connectivity index (χ0v) is 17.5. The van der Waals surface area contributed by atoms with Gasteiger partial charge in [0.05, 0.1) is 5.69 Å². The van der Waals surface area contributed by atoms with Crippen LogP contribution in [0.2, 0.25) is 10.0 Å². The van der Waals surface area contributed by atoms with Crippen molar-refractivity contribution in [3.8, 4) is 0 Å². The van der Waals surface area contributed by atoms with Crippen LogP contribution in [-0.4, -0.2) is 11.7 Å². The fourth-order valence-corrected chi connectivity index (χ4v) is 3.37. The molecule has 0 aliphatic carbocycles. The number of aliphatic imine (C=N–C) groups is 1. The van der Waals surface area contributed by atoms with Gasteiger partial charge < -0.3 is 0 Å².